The number of amides is 1. The van der Waals surface area contributed by atoms with Crippen LogP contribution in [0.2, 0.25) is 0 Å². The highest BCUT2D eigenvalue weighted by atomic mass is 19.3. The minimum Gasteiger partial charge on any atom is -0.351 e. The molecule has 2 nitrogen and oxygen atoms in total. The van der Waals surface area contributed by atoms with Gasteiger partial charge in [0.2, 0.25) is 0 Å². The molecule has 0 spiro atoms. The second kappa shape index (κ2) is 4.26. The number of carbonyl (C=O) groups excluding carboxylic acids is 1. The van der Waals surface area contributed by atoms with Crippen LogP contribution >= 0.6 is 0 Å². The molecule has 11 heavy (non-hydrogen) atoms. The van der Waals surface area contributed by atoms with Crippen molar-refractivity contribution in [1.29, 1.82) is 0 Å². The third-order valence-electron chi connectivity index (χ3n) is 1.23. The van der Waals surface area contributed by atoms with E-state index < -0.39 is 11.8 Å². The van der Waals surface area contributed by atoms with Gasteiger partial charge in [0.1, 0.15) is 0 Å². The van der Waals surface area contributed by atoms with E-state index in [1.165, 1.54) is 0 Å². The normalized spacial score (nSPS) is 11.3. The molecule has 0 unspecified atom stereocenters. The lowest BCUT2D eigenvalue weighted by atomic mass is 10.2. The topological polar surface area (TPSA) is 29.1 Å². The van der Waals surface area contributed by atoms with Gasteiger partial charge < -0.3 is 5.32 Å². The summed E-state index contributed by atoms with van der Waals surface area (Å²) in [5, 5.41) is 2.08. The largest absolute Gasteiger partial charge is 0.351 e. The van der Waals surface area contributed by atoms with E-state index in [9.17, 15) is 13.6 Å². The van der Waals surface area contributed by atoms with Crippen molar-refractivity contribution < 1.29 is 13.6 Å². The third kappa shape index (κ3) is 3.30. The quantitative estimate of drug-likeness (QED) is 0.672. The average molecular weight is 165 g/mol. The van der Waals surface area contributed by atoms with Crippen molar-refractivity contribution >= 4 is 5.91 Å². The highest BCUT2D eigenvalue weighted by molar-refractivity contribution is 5.83. The zero-order valence-corrected chi connectivity index (χ0v) is 6.79. The molecule has 1 amide bonds. The van der Waals surface area contributed by atoms with Gasteiger partial charge in [-0.1, -0.05) is 6.92 Å². The minimum absolute atomic E-state index is 0.248. The molecule has 0 aromatic carbocycles. The standard InChI is InChI=1S/C7H13F2NO/c1-3-5-7(8,9)6(11)10-4-2/h3-5H2,1-2H3,(H,10,11). The number of nitrogens with one attached hydrogen (secondary N) is 1. The number of rotatable bonds is 4. The summed E-state index contributed by atoms with van der Waals surface area (Å²) in [6.07, 6.45) is -0.0665. The molecule has 0 aromatic heterocycles. The molecule has 0 aliphatic heterocycles. The lowest BCUT2D eigenvalue weighted by Crippen LogP contribution is -2.39. The van der Waals surface area contributed by atoms with Gasteiger partial charge in [-0.15, -0.1) is 0 Å². The average Bonchev–Trinajstić information content (AvgIpc) is 1.88. The Balaban J connectivity index is 3.94. The number of carbonyl (C=O) groups is 1. The van der Waals surface area contributed by atoms with Crippen LogP contribution in [0.25, 0.3) is 0 Å². The molecule has 1 N–H and O–H groups in total. The van der Waals surface area contributed by atoms with Gasteiger partial charge in [-0.3, -0.25) is 4.79 Å². The van der Waals surface area contributed by atoms with Crippen molar-refractivity contribution in [3.05, 3.63) is 0 Å². The molecule has 0 rings (SSSR count). The van der Waals surface area contributed by atoms with Crippen LogP contribution in [0, 0.1) is 0 Å². The van der Waals surface area contributed by atoms with Crippen molar-refractivity contribution in [3.8, 4) is 0 Å². The van der Waals surface area contributed by atoms with E-state index in [0.717, 1.165) is 0 Å². The van der Waals surface area contributed by atoms with Gasteiger partial charge in [0, 0.05) is 13.0 Å². The number of alkyl halides is 2. The summed E-state index contributed by atoms with van der Waals surface area (Å²) in [6.45, 7) is 3.48. The Morgan fingerprint density at radius 3 is 2.36 bits per heavy atom. The Bertz CT molecular complexity index is 136. The van der Waals surface area contributed by atoms with E-state index >= 15 is 0 Å². The van der Waals surface area contributed by atoms with Crippen LogP contribution in [0.15, 0.2) is 0 Å². The zero-order chi connectivity index (χ0) is 8.91. The van der Waals surface area contributed by atoms with Gasteiger partial charge >= 0.3 is 5.92 Å². The van der Waals surface area contributed by atoms with Crippen molar-refractivity contribution in [2.24, 2.45) is 0 Å². The van der Waals surface area contributed by atoms with Crippen LogP contribution in [0.3, 0.4) is 0 Å². The highest BCUT2D eigenvalue weighted by Crippen LogP contribution is 2.19. The summed E-state index contributed by atoms with van der Waals surface area (Å²) >= 11 is 0. The van der Waals surface area contributed by atoms with Crippen molar-refractivity contribution in [2.45, 2.75) is 32.6 Å². The Hall–Kier alpha value is -0.670. The fourth-order valence-corrected chi connectivity index (χ4v) is 0.717. The predicted octanol–water partition coefficient (Wildman–Crippen LogP) is 1.56. The van der Waals surface area contributed by atoms with E-state index in [2.05, 4.69) is 5.32 Å². The molecule has 0 saturated carbocycles. The van der Waals surface area contributed by atoms with Crippen LogP contribution in [0.4, 0.5) is 8.78 Å². The van der Waals surface area contributed by atoms with Gasteiger partial charge in [-0.05, 0) is 13.3 Å². The zero-order valence-electron chi connectivity index (χ0n) is 6.79. The van der Waals surface area contributed by atoms with E-state index in [1.54, 1.807) is 13.8 Å². The van der Waals surface area contributed by atoms with Crippen LogP contribution in [0.1, 0.15) is 26.7 Å². The summed E-state index contributed by atoms with van der Waals surface area (Å²) in [7, 11) is 0. The van der Waals surface area contributed by atoms with Gasteiger partial charge in [0.25, 0.3) is 5.91 Å². The first-order valence-corrected chi connectivity index (χ1v) is 3.70. The van der Waals surface area contributed by atoms with E-state index in [4.69, 9.17) is 0 Å². The Labute approximate surface area is 65.0 Å². The molecular weight excluding hydrogens is 152 g/mol. The maximum atomic E-state index is 12.6. The van der Waals surface area contributed by atoms with Crippen LogP contribution < -0.4 is 5.32 Å². The van der Waals surface area contributed by atoms with Gasteiger partial charge in [-0.2, -0.15) is 8.78 Å². The van der Waals surface area contributed by atoms with Crippen molar-refractivity contribution in [2.75, 3.05) is 6.54 Å². The number of hydrogen-bond donors (Lipinski definition) is 1. The molecule has 0 saturated heterocycles. The fourth-order valence-electron chi connectivity index (χ4n) is 0.717. The molecule has 0 aliphatic carbocycles. The summed E-state index contributed by atoms with van der Waals surface area (Å²) < 4.78 is 25.2. The number of halogens is 2. The molecular formula is C7H13F2NO. The summed E-state index contributed by atoms with van der Waals surface area (Å²) in [4.78, 5) is 10.6. The molecule has 66 valence electrons. The Morgan fingerprint density at radius 2 is 2.00 bits per heavy atom. The monoisotopic (exact) mass is 165 g/mol. The van der Waals surface area contributed by atoms with Crippen LogP contribution in [-0.2, 0) is 4.79 Å². The van der Waals surface area contributed by atoms with E-state index in [1.807, 2.05) is 0 Å². The van der Waals surface area contributed by atoms with E-state index in [-0.39, 0.29) is 13.0 Å². The maximum Gasteiger partial charge on any atom is 0.324 e. The van der Waals surface area contributed by atoms with Gasteiger partial charge in [-0.25, -0.2) is 0 Å². The van der Waals surface area contributed by atoms with E-state index in [0.29, 0.717) is 6.42 Å². The summed E-state index contributed by atoms with van der Waals surface area (Å²) in [5.74, 6) is -4.35. The lowest BCUT2D eigenvalue weighted by Gasteiger charge is -2.13. The molecule has 0 aliphatic rings. The first-order valence-electron chi connectivity index (χ1n) is 3.70. The van der Waals surface area contributed by atoms with Crippen molar-refractivity contribution in [1.82, 2.24) is 5.32 Å². The molecule has 0 aromatic rings. The van der Waals surface area contributed by atoms with Crippen molar-refractivity contribution in [3.63, 3.8) is 0 Å². The molecule has 0 fully saturated rings. The summed E-state index contributed by atoms with van der Waals surface area (Å²) in [6, 6.07) is 0. The second-order valence-electron chi connectivity index (χ2n) is 2.31. The first-order chi connectivity index (χ1) is 5.04. The molecule has 0 radical (unpaired) electrons. The Morgan fingerprint density at radius 1 is 1.45 bits per heavy atom. The molecule has 0 heterocycles. The SMILES string of the molecule is CCCC(F)(F)C(=O)NCC. The fraction of sp³-hybridized carbons (Fsp3) is 0.857. The Kier molecular flexibility index (Phi) is 4.00. The molecule has 0 atom stereocenters. The third-order valence-corrected chi connectivity index (χ3v) is 1.23. The summed E-state index contributed by atoms with van der Waals surface area (Å²) in [5.41, 5.74) is 0. The highest BCUT2D eigenvalue weighted by Gasteiger charge is 2.36. The first kappa shape index (κ1) is 10.3. The van der Waals surface area contributed by atoms with Gasteiger partial charge in [0.15, 0.2) is 0 Å². The number of hydrogen-bond acceptors (Lipinski definition) is 1. The second-order valence-corrected chi connectivity index (χ2v) is 2.31. The van der Waals surface area contributed by atoms with Crippen LogP contribution in [-0.4, -0.2) is 18.4 Å². The molecule has 0 bridgehead atoms. The van der Waals surface area contributed by atoms with Crippen LogP contribution in [0.5, 0.6) is 0 Å². The maximum absolute atomic E-state index is 12.6. The molecule has 4 heteroatoms. The van der Waals surface area contributed by atoms with Gasteiger partial charge in [0.05, 0.1) is 0 Å². The lowest BCUT2D eigenvalue weighted by molar-refractivity contribution is -0.146. The predicted molar refractivity (Wildman–Crippen MR) is 38.5 cm³/mol. The smallest absolute Gasteiger partial charge is 0.324 e. The minimum atomic E-state index is -3.19.